The summed E-state index contributed by atoms with van der Waals surface area (Å²) in [7, 11) is 0. The summed E-state index contributed by atoms with van der Waals surface area (Å²) in [5, 5.41) is 0. The zero-order chi connectivity index (χ0) is 0. The molecule has 0 bridgehead atoms. The first kappa shape index (κ1) is 268. The number of halogens is 3. The van der Waals surface area contributed by atoms with Gasteiger partial charge < -0.3 is 24.6 Å². The van der Waals surface area contributed by atoms with Gasteiger partial charge >= 0.3 is 0 Å². The van der Waals surface area contributed by atoms with Crippen molar-refractivity contribution in [1.82, 2.24) is 24.6 Å². The molecule has 0 aromatic rings. The highest BCUT2D eigenvalue weighted by atomic mass is 79.9. The van der Waals surface area contributed by atoms with Gasteiger partial charge in [0.25, 0.3) is 0 Å². The molecule has 0 spiro atoms. The van der Waals surface area contributed by atoms with Crippen LogP contribution in [0.3, 0.4) is 0 Å². The topological polar surface area (TPSA) is 140 Å². The van der Waals surface area contributed by atoms with Gasteiger partial charge in [0.05, 0.1) is 0 Å². The molecule has 0 radical (unpaired) electrons. The lowest BCUT2D eigenvalue weighted by molar-refractivity contribution is 2.13. The van der Waals surface area contributed by atoms with E-state index in [1.807, 2.05) is 0 Å². The largest absolute Gasteiger partial charge is 0.344 e. The third-order valence-corrected chi connectivity index (χ3v) is 0. The van der Waals surface area contributed by atoms with Crippen molar-refractivity contribution in [3.63, 3.8) is 0 Å². The highest BCUT2D eigenvalue weighted by molar-refractivity contribution is 8.93. The van der Waals surface area contributed by atoms with Gasteiger partial charge in [-0.25, -0.2) is 0 Å². The van der Waals surface area contributed by atoms with Crippen molar-refractivity contribution in [2.45, 2.75) is 0 Å². The van der Waals surface area contributed by atoms with E-state index >= 15 is 0 Å². The SMILES string of the molecule is Br.Br.Br.N.N.N.N. The van der Waals surface area contributed by atoms with Crippen molar-refractivity contribution >= 4 is 50.9 Å². The molecular weight excluding hydrogens is 296 g/mol. The van der Waals surface area contributed by atoms with E-state index in [2.05, 4.69) is 0 Å². The third-order valence-electron chi connectivity index (χ3n) is 0. The Morgan fingerprint density at radius 3 is 0.286 bits per heavy atom. The van der Waals surface area contributed by atoms with E-state index in [1.165, 1.54) is 0 Å². The molecule has 12 N–H and O–H groups in total. The summed E-state index contributed by atoms with van der Waals surface area (Å²) in [5.41, 5.74) is 0. The predicted octanol–water partition coefficient (Wildman–Crippen LogP) is 2.38. The predicted molar refractivity (Wildman–Crippen MR) is 51.1 cm³/mol. The van der Waals surface area contributed by atoms with Crippen molar-refractivity contribution in [2.24, 2.45) is 0 Å². The van der Waals surface area contributed by atoms with Gasteiger partial charge in [-0.3, -0.25) is 0 Å². The minimum atomic E-state index is 0. The smallest absolute Gasteiger partial charge is 0.114 e. The van der Waals surface area contributed by atoms with Crippen molar-refractivity contribution in [3.05, 3.63) is 0 Å². The fraction of sp³-hybridized carbons (Fsp3) is 0. The van der Waals surface area contributed by atoms with Crippen LogP contribution in [-0.2, 0) is 0 Å². The minimum Gasteiger partial charge on any atom is -0.344 e. The van der Waals surface area contributed by atoms with Gasteiger partial charge in [0, 0.05) is 0 Å². The standard InChI is InChI=1S/3BrH.4H3N/h3*1H;4*1H3. The van der Waals surface area contributed by atoms with Gasteiger partial charge in [0.2, 0.25) is 0 Å². The average Bonchev–Trinajstić information content (AvgIpc) is 0. The molecule has 0 aromatic heterocycles. The third kappa shape index (κ3) is 124. The second kappa shape index (κ2) is 175. The monoisotopic (exact) mass is 308 g/mol. The van der Waals surface area contributed by atoms with Gasteiger partial charge in [-0.15, -0.1) is 50.9 Å². The highest BCUT2D eigenvalue weighted by Gasteiger charge is -0.112. The van der Waals surface area contributed by atoms with Crippen LogP contribution in [0.15, 0.2) is 0 Å². The van der Waals surface area contributed by atoms with Gasteiger partial charge in [-0.05, 0) is 0 Å². The molecule has 7 heavy (non-hydrogen) atoms. The molecule has 0 fully saturated rings. The summed E-state index contributed by atoms with van der Waals surface area (Å²) in [5.74, 6) is 0. The molecule has 7 heteroatoms. The lowest BCUT2D eigenvalue weighted by atomic mass is 14.0. The Morgan fingerprint density at radius 2 is 0.286 bits per heavy atom. The van der Waals surface area contributed by atoms with Crippen molar-refractivity contribution in [3.8, 4) is 0 Å². The van der Waals surface area contributed by atoms with Crippen molar-refractivity contribution in [1.29, 1.82) is 0 Å². The maximum Gasteiger partial charge on any atom is -0.114 e. The Labute approximate surface area is 75.4 Å². The molecule has 0 aliphatic heterocycles. The molecule has 0 rings (SSSR count). The molecule has 0 saturated carbocycles. The fourth-order valence-corrected chi connectivity index (χ4v) is 0. The molecule has 4 nitrogen and oxygen atoms in total. The van der Waals surface area contributed by atoms with E-state index in [9.17, 15) is 0 Å². The summed E-state index contributed by atoms with van der Waals surface area (Å²) >= 11 is 0. The van der Waals surface area contributed by atoms with Gasteiger partial charge in [-0.1, -0.05) is 0 Å². The van der Waals surface area contributed by atoms with E-state index in [1.54, 1.807) is 0 Å². The zero-order valence-electron chi connectivity index (χ0n) is 4.05. The van der Waals surface area contributed by atoms with Crippen LogP contribution in [0.1, 0.15) is 0 Å². The summed E-state index contributed by atoms with van der Waals surface area (Å²) < 4.78 is 0. The van der Waals surface area contributed by atoms with Crippen LogP contribution >= 0.6 is 50.9 Å². The van der Waals surface area contributed by atoms with Gasteiger partial charge in [0.1, 0.15) is 0 Å². The summed E-state index contributed by atoms with van der Waals surface area (Å²) in [6.45, 7) is 0. The zero-order valence-corrected chi connectivity index (χ0v) is 9.19. The first-order valence-corrected chi connectivity index (χ1v) is 0. The van der Waals surface area contributed by atoms with Crippen LogP contribution in [0.2, 0.25) is 0 Å². The van der Waals surface area contributed by atoms with E-state index in [4.69, 9.17) is 0 Å². The van der Waals surface area contributed by atoms with Crippen LogP contribution in [0.4, 0.5) is 0 Å². The molecule has 0 aliphatic carbocycles. The Hall–Kier alpha value is 1.28. The molecule has 56 valence electrons. The normalized spacial score (nSPS) is 0. The molecule has 0 atom stereocenters. The maximum atomic E-state index is 0. The van der Waals surface area contributed by atoms with Crippen LogP contribution in [-0.4, -0.2) is 0 Å². The van der Waals surface area contributed by atoms with Gasteiger partial charge in [0.15, 0.2) is 0 Å². The van der Waals surface area contributed by atoms with Crippen molar-refractivity contribution in [2.75, 3.05) is 0 Å². The first-order valence-electron chi connectivity index (χ1n) is 0. The molecule has 0 heterocycles. The number of rotatable bonds is 0. The minimum absolute atomic E-state index is 0. The quantitative estimate of drug-likeness (QED) is 0.545. The van der Waals surface area contributed by atoms with E-state index in [-0.39, 0.29) is 75.5 Å². The second-order valence-electron chi connectivity index (χ2n) is 0. The van der Waals surface area contributed by atoms with E-state index < -0.39 is 0 Å². The van der Waals surface area contributed by atoms with E-state index in [0.29, 0.717) is 0 Å². The van der Waals surface area contributed by atoms with Crippen LogP contribution in [0.25, 0.3) is 0 Å². The fourth-order valence-electron chi connectivity index (χ4n) is 0. The molecular formula is H15Br3N4. The molecule has 0 unspecified atom stereocenters. The van der Waals surface area contributed by atoms with Crippen LogP contribution in [0.5, 0.6) is 0 Å². The van der Waals surface area contributed by atoms with Gasteiger partial charge in [-0.2, -0.15) is 0 Å². The molecule has 0 saturated heterocycles. The number of hydrogen-bond donors (Lipinski definition) is 4. The summed E-state index contributed by atoms with van der Waals surface area (Å²) in [6, 6.07) is 0. The van der Waals surface area contributed by atoms with Crippen molar-refractivity contribution < 1.29 is 0 Å². The van der Waals surface area contributed by atoms with Crippen LogP contribution in [0, 0.1) is 0 Å². The number of hydrogen-bond acceptors (Lipinski definition) is 4. The first-order chi connectivity index (χ1) is 0. The van der Waals surface area contributed by atoms with E-state index in [0.717, 1.165) is 0 Å². The Balaban J connectivity index is 0. The van der Waals surface area contributed by atoms with Crippen LogP contribution < -0.4 is 24.6 Å². The Morgan fingerprint density at radius 1 is 0.286 bits per heavy atom. The second-order valence-corrected chi connectivity index (χ2v) is 0. The molecule has 0 aromatic carbocycles. The summed E-state index contributed by atoms with van der Waals surface area (Å²) in [4.78, 5) is 0. The lowest BCUT2D eigenvalue weighted by Gasteiger charge is -0.345. The summed E-state index contributed by atoms with van der Waals surface area (Å²) in [6.07, 6.45) is 0. The Kier molecular flexibility index (Phi) is 6710. The molecule has 0 aliphatic rings. The highest BCUT2D eigenvalue weighted by Crippen LogP contribution is 0.848. The average molecular weight is 311 g/mol. The lowest BCUT2D eigenvalue weighted by Crippen LogP contribution is -0.482. The maximum absolute atomic E-state index is 0. The Bertz CT molecular complexity index is 6.90. The molecule has 0 amide bonds.